The van der Waals surface area contributed by atoms with Gasteiger partial charge in [-0.05, 0) is 11.1 Å². The number of fused-ring (bicyclic) bond motifs is 1. The zero-order valence-electron chi connectivity index (χ0n) is 8.84. The van der Waals surface area contributed by atoms with Crippen molar-refractivity contribution in [1.29, 1.82) is 0 Å². The number of carboxylic acid groups (broad SMARTS) is 1. The minimum Gasteiger partial charge on any atom is -0.476 e. The number of rotatable bonds is 2. The summed E-state index contributed by atoms with van der Waals surface area (Å²) in [7, 11) is 0. The average Bonchev–Trinajstić information content (AvgIpc) is 2.97. The Bertz CT molecular complexity index is 588. The summed E-state index contributed by atoms with van der Waals surface area (Å²) < 4.78 is 10.4. The van der Waals surface area contributed by atoms with E-state index in [4.69, 9.17) is 14.4 Å². The molecule has 0 fully saturated rings. The number of carboxylic acids is 1. The van der Waals surface area contributed by atoms with Crippen LogP contribution in [0, 0.1) is 0 Å². The summed E-state index contributed by atoms with van der Waals surface area (Å²) in [5.41, 5.74) is 2.91. The Hall–Kier alpha value is -2.14. The Kier molecular flexibility index (Phi) is 2.19. The molecule has 1 aromatic heterocycles. The van der Waals surface area contributed by atoms with Crippen LogP contribution in [-0.2, 0) is 18.0 Å². The highest BCUT2D eigenvalue weighted by molar-refractivity contribution is 5.86. The molecule has 0 unspecified atom stereocenters. The van der Waals surface area contributed by atoms with Gasteiger partial charge < -0.3 is 14.4 Å². The highest BCUT2D eigenvalue weighted by atomic mass is 16.5. The van der Waals surface area contributed by atoms with Crippen LogP contribution in [0.25, 0.3) is 11.3 Å². The fourth-order valence-corrected chi connectivity index (χ4v) is 1.94. The zero-order valence-corrected chi connectivity index (χ0v) is 8.84. The van der Waals surface area contributed by atoms with Crippen molar-refractivity contribution in [3.05, 3.63) is 41.1 Å². The van der Waals surface area contributed by atoms with E-state index in [2.05, 4.69) is 5.16 Å². The van der Waals surface area contributed by atoms with E-state index in [9.17, 15) is 4.79 Å². The summed E-state index contributed by atoms with van der Waals surface area (Å²) in [6.07, 6.45) is 0. The Balaban J connectivity index is 2.09. The number of nitrogens with zero attached hydrogens (tertiary/aromatic N) is 1. The van der Waals surface area contributed by atoms with Gasteiger partial charge in [-0.3, -0.25) is 0 Å². The van der Waals surface area contributed by atoms with Gasteiger partial charge in [0.05, 0.1) is 13.2 Å². The number of aromatic nitrogens is 1. The number of benzene rings is 1. The molecule has 1 N–H and O–H groups in total. The van der Waals surface area contributed by atoms with Gasteiger partial charge in [0.1, 0.15) is 0 Å². The number of aromatic carboxylic acids is 1. The molecule has 0 bridgehead atoms. The summed E-state index contributed by atoms with van der Waals surface area (Å²) in [5, 5.41) is 12.3. The second kappa shape index (κ2) is 3.71. The van der Waals surface area contributed by atoms with E-state index in [0.717, 1.165) is 16.7 Å². The number of carbonyl (C=O) groups is 1. The van der Waals surface area contributed by atoms with E-state index in [-0.39, 0.29) is 5.69 Å². The predicted molar refractivity (Wildman–Crippen MR) is 57.4 cm³/mol. The van der Waals surface area contributed by atoms with E-state index < -0.39 is 5.97 Å². The lowest BCUT2D eigenvalue weighted by molar-refractivity contribution is 0.0686. The first kappa shape index (κ1) is 10.0. The lowest BCUT2D eigenvalue weighted by Crippen LogP contribution is -1.94. The molecule has 3 rings (SSSR count). The van der Waals surface area contributed by atoms with Crippen molar-refractivity contribution in [2.24, 2.45) is 0 Å². The van der Waals surface area contributed by atoms with Crippen LogP contribution in [0.3, 0.4) is 0 Å². The average molecular weight is 231 g/mol. The Morgan fingerprint density at radius 1 is 1.35 bits per heavy atom. The standard InChI is InChI=1S/C12H9NO4/c14-12(15)10-4-11(17-13-10)8-3-1-2-7-5-16-6-9(7)8/h1-4H,5-6H2,(H,14,15). The summed E-state index contributed by atoms with van der Waals surface area (Å²) in [4.78, 5) is 10.7. The Morgan fingerprint density at radius 2 is 2.24 bits per heavy atom. The first-order valence-corrected chi connectivity index (χ1v) is 5.14. The van der Waals surface area contributed by atoms with Gasteiger partial charge in [-0.1, -0.05) is 23.4 Å². The van der Waals surface area contributed by atoms with Crippen molar-refractivity contribution in [2.45, 2.75) is 13.2 Å². The second-order valence-corrected chi connectivity index (χ2v) is 3.82. The molecule has 86 valence electrons. The van der Waals surface area contributed by atoms with Crippen LogP contribution >= 0.6 is 0 Å². The van der Waals surface area contributed by atoms with Crippen molar-refractivity contribution in [3.8, 4) is 11.3 Å². The smallest absolute Gasteiger partial charge is 0.358 e. The van der Waals surface area contributed by atoms with Crippen LogP contribution in [0.15, 0.2) is 28.8 Å². The van der Waals surface area contributed by atoms with Crippen molar-refractivity contribution in [1.82, 2.24) is 5.16 Å². The van der Waals surface area contributed by atoms with Gasteiger partial charge in [-0.2, -0.15) is 0 Å². The molecular weight excluding hydrogens is 222 g/mol. The van der Waals surface area contributed by atoms with E-state index in [1.807, 2.05) is 18.2 Å². The van der Waals surface area contributed by atoms with E-state index in [1.54, 1.807) is 0 Å². The number of ether oxygens (including phenoxy) is 1. The van der Waals surface area contributed by atoms with Crippen LogP contribution in [0.2, 0.25) is 0 Å². The highest BCUT2D eigenvalue weighted by Crippen LogP contribution is 2.31. The lowest BCUT2D eigenvalue weighted by atomic mass is 10.0. The topological polar surface area (TPSA) is 72.6 Å². The molecule has 0 spiro atoms. The second-order valence-electron chi connectivity index (χ2n) is 3.82. The van der Waals surface area contributed by atoms with Gasteiger partial charge in [-0.15, -0.1) is 0 Å². The lowest BCUT2D eigenvalue weighted by Gasteiger charge is -2.02. The van der Waals surface area contributed by atoms with Gasteiger partial charge in [0.25, 0.3) is 0 Å². The van der Waals surface area contributed by atoms with Crippen LogP contribution in [-0.4, -0.2) is 16.2 Å². The molecule has 2 heterocycles. The Morgan fingerprint density at radius 3 is 3.00 bits per heavy atom. The van der Waals surface area contributed by atoms with Gasteiger partial charge in [-0.25, -0.2) is 4.79 Å². The van der Waals surface area contributed by atoms with Crippen molar-refractivity contribution >= 4 is 5.97 Å². The van der Waals surface area contributed by atoms with Gasteiger partial charge in [0.15, 0.2) is 11.5 Å². The maximum absolute atomic E-state index is 10.7. The number of hydrogen-bond acceptors (Lipinski definition) is 4. The molecule has 0 saturated carbocycles. The largest absolute Gasteiger partial charge is 0.476 e. The van der Waals surface area contributed by atoms with E-state index >= 15 is 0 Å². The van der Waals surface area contributed by atoms with Crippen molar-refractivity contribution in [2.75, 3.05) is 0 Å². The van der Waals surface area contributed by atoms with E-state index in [1.165, 1.54) is 6.07 Å². The first-order chi connectivity index (χ1) is 8.25. The van der Waals surface area contributed by atoms with Gasteiger partial charge in [0.2, 0.25) is 0 Å². The molecule has 2 aromatic rings. The van der Waals surface area contributed by atoms with Crippen LogP contribution in [0.1, 0.15) is 21.6 Å². The molecule has 1 aliphatic rings. The van der Waals surface area contributed by atoms with Gasteiger partial charge >= 0.3 is 5.97 Å². The summed E-state index contributed by atoms with van der Waals surface area (Å²) >= 11 is 0. The molecule has 5 nitrogen and oxygen atoms in total. The predicted octanol–water partition coefficient (Wildman–Crippen LogP) is 2.07. The minimum atomic E-state index is -1.09. The third-order valence-electron chi connectivity index (χ3n) is 2.77. The van der Waals surface area contributed by atoms with Gasteiger partial charge in [0, 0.05) is 11.6 Å². The number of hydrogen-bond donors (Lipinski definition) is 1. The molecule has 1 aromatic carbocycles. The quantitative estimate of drug-likeness (QED) is 0.856. The molecule has 0 radical (unpaired) electrons. The minimum absolute atomic E-state index is 0.0866. The molecule has 0 aliphatic carbocycles. The maximum atomic E-state index is 10.7. The maximum Gasteiger partial charge on any atom is 0.358 e. The molecule has 17 heavy (non-hydrogen) atoms. The van der Waals surface area contributed by atoms with Crippen LogP contribution < -0.4 is 0 Å². The molecule has 5 heteroatoms. The molecule has 0 amide bonds. The summed E-state index contributed by atoms with van der Waals surface area (Å²) in [6.45, 7) is 1.11. The van der Waals surface area contributed by atoms with Crippen LogP contribution in [0.4, 0.5) is 0 Å². The molecule has 0 saturated heterocycles. The third kappa shape index (κ3) is 1.60. The molecule has 0 atom stereocenters. The fourth-order valence-electron chi connectivity index (χ4n) is 1.94. The summed E-state index contributed by atoms with van der Waals surface area (Å²) in [5.74, 6) is -0.631. The molecule has 1 aliphatic heterocycles. The van der Waals surface area contributed by atoms with Crippen LogP contribution in [0.5, 0.6) is 0 Å². The molecular formula is C12H9NO4. The fraction of sp³-hybridized carbons (Fsp3) is 0.167. The Labute approximate surface area is 96.6 Å². The highest BCUT2D eigenvalue weighted by Gasteiger charge is 2.19. The SMILES string of the molecule is O=C(O)c1cc(-c2cccc3c2COC3)on1. The monoisotopic (exact) mass is 231 g/mol. The van der Waals surface area contributed by atoms with E-state index in [0.29, 0.717) is 19.0 Å². The summed E-state index contributed by atoms with van der Waals surface area (Å²) in [6, 6.07) is 7.18. The van der Waals surface area contributed by atoms with Crippen molar-refractivity contribution < 1.29 is 19.2 Å². The zero-order chi connectivity index (χ0) is 11.8. The van der Waals surface area contributed by atoms with Crippen molar-refractivity contribution in [3.63, 3.8) is 0 Å². The normalized spacial score (nSPS) is 13.6. The first-order valence-electron chi connectivity index (χ1n) is 5.14. The third-order valence-corrected chi connectivity index (χ3v) is 2.77.